The van der Waals surface area contributed by atoms with E-state index in [4.69, 9.17) is 9.47 Å². The Labute approximate surface area is 153 Å². The van der Waals surface area contributed by atoms with E-state index in [1.165, 1.54) is 0 Å². The molecule has 4 rings (SSSR count). The normalized spacial score (nSPS) is 20.7. The quantitative estimate of drug-likeness (QED) is 0.907. The number of hydrogen-bond acceptors (Lipinski definition) is 4. The lowest BCUT2D eigenvalue weighted by Crippen LogP contribution is -2.46. The zero-order valence-electron chi connectivity index (χ0n) is 14.9. The number of likely N-dealkylation sites (tertiary alicyclic amines) is 1. The molecule has 0 bridgehead atoms. The first kappa shape index (κ1) is 16.9. The smallest absolute Gasteiger partial charge is 0.320 e. The fraction of sp³-hybridized carbons (Fsp3) is 0.381. The summed E-state index contributed by atoms with van der Waals surface area (Å²) in [6.07, 6.45) is 2.65. The first-order chi connectivity index (χ1) is 12.6. The summed E-state index contributed by atoms with van der Waals surface area (Å²) in [5.41, 5.74) is 3.31. The molecule has 0 aliphatic carbocycles. The molecule has 1 saturated heterocycles. The second-order valence-electron chi connectivity index (χ2n) is 7.02. The van der Waals surface area contributed by atoms with Gasteiger partial charge in [0, 0.05) is 0 Å². The van der Waals surface area contributed by atoms with Crippen molar-refractivity contribution < 1.29 is 19.4 Å². The van der Waals surface area contributed by atoms with Gasteiger partial charge in [0.15, 0.2) is 11.5 Å². The number of rotatable bonds is 4. The van der Waals surface area contributed by atoms with Gasteiger partial charge in [0.1, 0.15) is 6.04 Å². The van der Waals surface area contributed by atoms with E-state index in [1.807, 2.05) is 24.3 Å². The third-order valence-corrected chi connectivity index (χ3v) is 5.23. The first-order valence-electron chi connectivity index (χ1n) is 9.08. The monoisotopic (exact) mass is 353 g/mol. The Morgan fingerprint density at radius 1 is 1.12 bits per heavy atom. The van der Waals surface area contributed by atoms with Gasteiger partial charge in [-0.1, -0.05) is 42.3 Å². The van der Waals surface area contributed by atoms with Crippen LogP contribution < -0.4 is 9.47 Å². The van der Waals surface area contributed by atoms with E-state index in [-0.39, 0.29) is 12.8 Å². The molecule has 0 saturated carbocycles. The number of hydrogen-bond donors (Lipinski definition) is 1. The maximum absolute atomic E-state index is 11.9. The van der Waals surface area contributed by atoms with E-state index in [2.05, 4.69) is 30.0 Å². The topological polar surface area (TPSA) is 59.0 Å². The Balaban J connectivity index is 1.80. The predicted molar refractivity (Wildman–Crippen MR) is 97.6 cm³/mol. The standard InChI is InChI=1S/C21H23NO4/c1-14-5-4-6-15(11-14)20(22-10-3-2-7-17(22)21(23)24)16-8-9-18-19(12-16)26-13-25-18/h4-6,8-9,11-12,17,20H,2-3,7,10,13H2,1H3,(H,23,24). The largest absolute Gasteiger partial charge is 0.480 e. The summed E-state index contributed by atoms with van der Waals surface area (Å²) in [4.78, 5) is 14.0. The molecule has 2 aliphatic rings. The van der Waals surface area contributed by atoms with Crippen LogP contribution in [0.4, 0.5) is 0 Å². The second-order valence-corrected chi connectivity index (χ2v) is 7.02. The molecule has 2 aromatic carbocycles. The van der Waals surface area contributed by atoms with Crippen LogP contribution in [0.25, 0.3) is 0 Å². The van der Waals surface area contributed by atoms with Gasteiger partial charge in [0.05, 0.1) is 6.04 Å². The number of carbonyl (C=O) groups is 1. The van der Waals surface area contributed by atoms with Crippen LogP contribution >= 0.6 is 0 Å². The first-order valence-corrected chi connectivity index (χ1v) is 9.08. The molecule has 5 heteroatoms. The summed E-state index contributed by atoms with van der Waals surface area (Å²) in [5.74, 6) is 0.720. The van der Waals surface area contributed by atoms with Gasteiger partial charge in [-0.2, -0.15) is 0 Å². The van der Waals surface area contributed by atoms with Crippen molar-refractivity contribution in [2.45, 2.75) is 38.3 Å². The Morgan fingerprint density at radius 3 is 2.73 bits per heavy atom. The lowest BCUT2D eigenvalue weighted by molar-refractivity contribution is -0.145. The molecule has 5 nitrogen and oxygen atoms in total. The highest BCUT2D eigenvalue weighted by Crippen LogP contribution is 2.39. The minimum absolute atomic E-state index is 0.120. The number of carboxylic acid groups (broad SMARTS) is 1. The Kier molecular flexibility index (Phi) is 4.55. The molecule has 136 valence electrons. The highest BCUT2D eigenvalue weighted by Gasteiger charge is 2.35. The van der Waals surface area contributed by atoms with E-state index in [1.54, 1.807) is 0 Å². The Hall–Kier alpha value is -2.53. The van der Waals surface area contributed by atoms with Crippen molar-refractivity contribution in [1.29, 1.82) is 0 Å². The van der Waals surface area contributed by atoms with Crippen LogP contribution in [-0.4, -0.2) is 35.4 Å². The third kappa shape index (κ3) is 3.15. The number of nitrogens with zero attached hydrogens (tertiary/aromatic N) is 1. The summed E-state index contributed by atoms with van der Waals surface area (Å²) < 4.78 is 11.0. The van der Waals surface area contributed by atoms with Crippen LogP contribution in [0.1, 0.15) is 42.0 Å². The van der Waals surface area contributed by atoms with Crippen LogP contribution in [0.2, 0.25) is 0 Å². The fourth-order valence-corrected chi connectivity index (χ4v) is 4.03. The molecule has 26 heavy (non-hydrogen) atoms. The van der Waals surface area contributed by atoms with E-state index in [0.29, 0.717) is 6.42 Å². The van der Waals surface area contributed by atoms with E-state index in [9.17, 15) is 9.90 Å². The molecule has 2 atom stereocenters. The summed E-state index contributed by atoms with van der Waals surface area (Å²) in [6, 6.07) is 13.6. The van der Waals surface area contributed by atoms with Crippen molar-refractivity contribution >= 4 is 5.97 Å². The van der Waals surface area contributed by atoms with E-state index < -0.39 is 12.0 Å². The van der Waals surface area contributed by atoms with Crippen LogP contribution in [0.3, 0.4) is 0 Å². The average molecular weight is 353 g/mol. The van der Waals surface area contributed by atoms with Gasteiger partial charge in [0.2, 0.25) is 6.79 Å². The molecule has 1 fully saturated rings. The second kappa shape index (κ2) is 7.00. The molecule has 2 unspecified atom stereocenters. The predicted octanol–water partition coefficient (Wildman–Crippen LogP) is 3.75. The zero-order chi connectivity index (χ0) is 18.1. The minimum Gasteiger partial charge on any atom is -0.480 e. The number of benzene rings is 2. The van der Waals surface area contributed by atoms with Crippen molar-refractivity contribution in [2.24, 2.45) is 0 Å². The average Bonchev–Trinajstić information content (AvgIpc) is 3.10. The molecule has 0 spiro atoms. The van der Waals surface area contributed by atoms with Crippen LogP contribution in [-0.2, 0) is 4.79 Å². The highest BCUT2D eigenvalue weighted by molar-refractivity contribution is 5.73. The number of aryl methyl sites for hydroxylation is 1. The molecule has 2 aromatic rings. The van der Waals surface area contributed by atoms with Gasteiger partial charge in [-0.05, 0) is 49.6 Å². The van der Waals surface area contributed by atoms with Crippen molar-refractivity contribution in [3.63, 3.8) is 0 Å². The van der Waals surface area contributed by atoms with Crippen molar-refractivity contribution in [2.75, 3.05) is 13.3 Å². The minimum atomic E-state index is -0.747. The summed E-state index contributed by atoms with van der Waals surface area (Å²) in [7, 11) is 0. The molecular formula is C21H23NO4. The van der Waals surface area contributed by atoms with Crippen LogP contribution in [0.5, 0.6) is 11.5 Å². The van der Waals surface area contributed by atoms with Gasteiger partial charge in [0.25, 0.3) is 0 Å². The van der Waals surface area contributed by atoms with Crippen molar-refractivity contribution in [3.8, 4) is 11.5 Å². The molecule has 2 heterocycles. The van der Waals surface area contributed by atoms with Crippen molar-refractivity contribution in [1.82, 2.24) is 4.90 Å². The fourth-order valence-electron chi connectivity index (χ4n) is 4.03. The van der Waals surface area contributed by atoms with Gasteiger partial charge in [-0.15, -0.1) is 0 Å². The number of carboxylic acids is 1. The zero-order valence-corrected chi connectivity index (χ0v) is 14.9. The lowest BCUT2D eigenvalue weighted by Gasteiger charge is -2.39. The van der Waals surface area contributed by atoms with Gasteiger partial charge < -0.3 is 14.6 Å². The molecular weight excluding hydrogens is 330 g/mol. The number of fused-ring (bicyclic) bond motifs is 1. The number of piperidine rings is 1. The van der Waals surface area contributed by atoms with Crippen LogP contribution in [0.15, 0.2) is 42.5 Å². The van der Waals surface area contributed by atoms with Gasteiger partial charge in [-0.25, -0.2) is 0 Å². The highest BCUT2D eigenvalue weighted by atomic mass is 16.7. The van der Waals surface area contributed by atoms with Crippen molar-refractivity contribution in [3.05, 3.63) is 59.2 Å². The summed E-state index contributed by atoms with van der Waals surface area (Å²) in [6.45, 7) is 3.06. The summed E-state index contributed by atoms with van der Waals surface area (Å²) >= 11 is 0. The van der Waals surface area contributed by atoms with Gasteiger partial charge >= 0.3 is 5.97 Å². The van der Waals surface area contributed by atoms with E-state index in [0.717, 1.165) is 47.6 Å². The molecule has 0 amide bonds. The van der Waals surface area contributed by atoms with E-state index >= 15 is 0 Å². The third-order valence-electron chi connectivity index (χ3n) is 5.23. The number of ether oxygens (including phenoxy) is 2. The molecule has 0 aromatic heterocycles. The van der Waals surface area contributed by atoms with Gasteiger partial charge in [-0.3, -0.25) is 9.69 Å². The maximum Gasteiger partial charge on any atom is 0.320 e. The molecule has 1 N–H and O–H groups in total. The SMILES string of the molecule is Cc1cccc(C(c2ccc3c(c2)OCO3)N2CCCCC2C(=O)O)c1. The maximum atomic E-state index is 11.9. The molecule has 2 aliphatic heterocycles. The van der Waals surface area contributed by atoms with Crippen LogP contribution in [0, 0.1) is 6.92 Å². The number of aliphatic carboxylic acids is 1. The Morgan fingerprint density at radius 2 is 1.92 bits per heavy atom. The Bertz CT molecular complexity index is 819. The summed E-state index contributed by atoms with van der Waals surface area (Å²) in [5, 5.41) is 9.77. The molecule has 0 radical (unpaired) electrons. The lowest BCUT2D eigenvalue weighted by atomic mass is 9.91.